The number of hydrogen-bond acceptors (Lipinski definition) is 1. The molecular formula is C27H36O. The first kappa shape index (κ1) is 18.7. The number of benzene rings is 1. The Bertz CT molecular complexity index is 787. The van der Waals surface area contributed by atoms with E-state index in [2.05, 4.69) is 25.7 Å². The molecule has 4 aliphatic carbocycles. The molecule has 0 amide bonds. The van der Waals surface area contributed by atoms with Crippen LogP contribution in [0.5, 0.6) is 0 Å². The van der Waals surface area contributed by atoms with E-state index in [1.807, 2.05) is 30.3 Å². The molecule has 0 aliphatic heterocycles. The summed E-state index contributed by atoms with van der Waals surface area (Å²) in [7, 11) is 0. The fourth-order valence-corrected chi connectivity index (χ4v) is 8.21. The van der Waals surface area contributed by atoms with Gasteiger partial charge in [-0.15, -0.1) is 0 Å². The van der Waals surface area contributed by atoms with Crippen molar-refractivity contribution in [2.75, 3.05) is 0 Å². The molecular weight excluding hydrogens is 340 g/mol. The van der Waals surface area contributed by atoms with Crippen molar-refractivity contribution in [2.24, 2.45) is 34.5 Å². The normalized spacial score (nSPS) is 47.2. The van der Waals surface area contributed by atoms with E-state index in [9.17, 15) is 5.11 Å². The molecule has 0 heterocycles. The molecule has 28 heavy (non-hydrogen) atoms. The van der Waals surface area contributed by atoms with Gasteiger partial charge in [0.2, 0.25) is 0 Å². The SMILES string of the molecule is CC12CCCCC1CCC1C2CCC2(C)C1CCC2(O)C#Cc1ccccc1. The van der Waals surface area contributed by atoms with Crippen molar-refractivity contribution in [2.45, 2.75) is 83.7 Å². The van der Waals surface area contributed by atoms with Crippen LogP contribution in [0.25, 0.3) is 0 Å². The van der Waals surface area contributed by atoms with Crippen LogP contribution in [0.3, 0.4) is 0 Å². The molecule has 150 valence electrons. The third-order valence-electron chi connectivity index (χ3n) is 9.92. The second-order valence-corrected chi connectivity index (χ2v) is 10.9. The molecule has 4 aliphatic rings. The Balaban J connectivity index is 1.43. The van der Waals surface area contributed by atoms with Gasteiger partial charge in [-0.2, -0.15) is 0 Å². The van der Waals surface area contributed by atoms with Gasteiger partial charge in [0.25, 0.3) is 0 Å². The summed E-state index contributed by atoms with van der Waals surface area (Å²) in [6.45, 7) is 5.00. The molecule has 1 nitrogen and oxygen atoms in total. The van der Waals surface area contributed by atoms with Gasteiger partial charge in [0.15, 0.2) is 0 Å². The highest BCUT2D eigenvalue weighted by molar-refractivity contribution is 5.38. The molecule has 0 saturated heterocycles. The monoisotopic (exact) mass is 376 g/mol. The van der Waals surface area contributed by atoms with Crippen molar-refractivity contribution in [3.8, 4) is 11.8 Å². The summed E-state index contributed by atoms with van der Waals surface area (Å²) in [6.07, 6.45) is 13.1. The van der Waals surface area contributed by atoms with Crippen molar-refractivity contribution in [1.29, 1.82) is 0 Å². The lowest BCUT2D eigenvalue weighted by Gasteiger charge is -2.60. The minimum Gasteiger partial charge on any atom is -0.377 e. The maximum absolute atomic E-state index is 11.7. The van der Waals surface area contributed by atoms with Gasteiger partial charge in [-0.05, 0) is 92.6 Å². The molecule has 7 unspecified atom stereocenters. The summed E-state index contributed by atoms with van der Waals surface area (Å²) >= 11 is 0. The van der Waals surface area contributed by atoms with Gasteiger partial charge in [-0.25, -0.2) is 0 Å². The third kappa shape index (κ3) is 2.64. The molecule has 1 heteroatoms. The van der Waals surface area contributed by atoms with Gasteiger partial charge in [0.05, 0.1) is 0 Å². The quantitative estimate of drug-likeness (QED) is 0.534. The van der Waals surface area contributed by atoms with Gasteiger partial charge in [0, 0.05) is 11.0 Å². The topological polar surface area (TPSA) is 20.2 Å². The highest BCUT2D eigenvalue weighted by Gasteiger charge is 2.64. The minimum atomic E-state index is -0.817. The Labute approximate surface area is 171 Å². The first-order chi connectivity index (χ1) is 13.5. The molecule has 5 rings (SSSR count). The maximum Gasteiger partial charge on any atom is 0.131 e. The second kappa shape index (κ2) is 6.63. The predicted molar refractivity (Wildman–Crippen MR) is 115 cm³/mol. The molecule has 0 radical (unpaired) electrons. The second-order valence-electron chi connectivity index (χ2n) is 10.9. The van der Waals surface area contributed by atoms with Crippen LogP contribution in [0, 0.1) is 46.3 Å². The van der Waals surface area contributed by atoms with Gasteiger partial charge in [-0.3, -0.25) is 0 Å². The lowest BCUT2D eigenvalue weighted by atomic mass is 9.44. The number of rotatable bonds is 0. The zero-order chi connectivity index (χ0) is 19.4. The van der Waals surface area contributed by atoms with Crippen LogP contribution in [0.15, 0.2) is 30.3 Å². The number of hydrogen-bond donors (Lipinski definition) is 1. The predicted octanol–water partition coefficient (Wildman–Crippen LogP) is 6.20. The summed E-state index contributed by atoms with van der Waals surface area (Å²) in [5.41, 5.74) is 0.738. The Morgan fingerprint density at radius 3 is 2.46 bits per heavy atom. The summed E-state index contributed by atoms with van der Waals surface area (Å²) < 4.78 is 0. The van der Waals surface area contributed by atoms with Crippen LogP contribution >= 0.6 is 0 Å². The number of fused-ring (bicyclic) bond motifs is 5. The Kier molecular flexibility index (Phi) is 4.44. The largest absolute Gasteiger partial charge is 0.377 e. The van der Waals surface area contributed by atoms with Crippen LogP contribution in [0.4, 0.5) is 0 Å². The minimum absolute atomic E-state index is 0.0339. The van der Waals surface area contributed by atoms with E-state index in [4.69, 9.17) is 0 Å². The van der Waals surface area contributed by atoms with E-state index in [0.717, 1.165) is 36.2 Å². The summed E-state index contributed by atoms with van der Waals surface area (Å²) in [5, 5.41) is 11.7. The standard InChI is InChI=1S/C27H36O/c1-25-16-7-6-10-21(25)11-12-22-23(25)14-17-26(2)24(22)15-19-27(26,28)18-13-20-8-4-3-5-9-20/h3-5,8-9,21-24,28H,6-7,10-12,14-17,19H2,1-2H3. The molecule has 0 bridgehead atoms. The molecule has 4 fully saturated rings. The van der Waals surface area contributed by atoms with E-state index < -0.39 is 5.60 Å². The maximum atomic E-state index is 11.7. The zero-order valence-electron chi connectivity index (χ0n) is 17.7. The van der Waals surface area contributed by atoms with Crippen LogP contribution in [-0.4, -0.2) is 10.7 Å². The van der Waals surface area contributed by atoms with Gasteiger partial charge in [0.1, 0.15) is 5.60 Å². The first-order valence-corrected chi connectivity index (χ1v) is 11.8. The summed E-state index contributed by atoms with van der Waals surface area (Å²) in [5.74, 6) is 10.0. The average Bonchev–Trinajstić information content (AvgIpc) is 2.98. The molecule has 1 N–H and O–H groups in total. The molecule has 4 saturated carbocycles. The first-order valence-electron chi connectivity index (χ1n) is 11.8. The van der Waals surface area contributed by atoms with E-state index in [0.29, 0.717) is 11.3 Å². The highest BCUT2D eigenvalue weighted by Crippen LogP contribution is 2.68. The van der Waals surface area contributed by atoms with Gasteiger partial charge < -0.3 is 5.11 Å². The van der Waals surface area contributed by atoms with Crippen molar-refractivity contribution >= 4 is 0 Å². The molecule has 0 spiro atoms. The van der Waals surface area contributed by atoms with Crippen LogP contribution in [0.2, 0.25) is 0 Å². The summed E-state index contributed by atoms with van der Waals surface area (Å²) in [6, 6.07) is 10.2. The van der Waals surface area contributed by atoms with Crippen molar-refractivity contribution in [1.82, 2.24) is 0 Å². The van der Waals surface area contributed by atoms with E-state index >= 15 is 0 Å². The molecule has 1 aromatic carbocycles. The molecule has 1 aromatic rings. The van der Waals surface area contributed by atoms with Gasteiger partial charge in [-0.1, -0.05) is 56.7 Å². The van der Waals surface area contributed by atoms with E-state index in [-0.39, 0.29) is 5.41 Å². The smallest absolute Gasteiger partial charge is 0.131 e. The van der Waals surface area contributed by atoms with Crippen molar-refractivity contribution in [3.05, 3.63) is 35.9 Å². The van der Waals surface area contributed by atoms with Crippen LogP contribution in [-0.2, 0) is 0 Å². The fourth-order valence-electron chi connectivity index (χ4n) is 8.21. The molecule has 0 aromatic heterocycles. The van der Waals surface area contributed by atoms with Crippen LogP contribution < -0.4 is 0 Å². The van der Waals surface area contributed by atoms with E-state index in [1.165, 1.54) is 51.4 Å². The fraction of sp³-hybridized carbons (Fsp3) is 0.704. The zero-order valence-corrected chi connectivity index (χ0v) is 17.7. The lowest BCUT2D eigenvalue weighted by molar-refractivity contribution is -0.134. The number of aliphatic hydroxyl groups is 1. The highest BCUT2D eigenvalue weighted by atomic mass is 16.3. The average molecular weight is 377 g/mol. The van der Waals surface area contributed by atoms with Crippen LogP contribution in [0.1, 0.15) is 83.6 Å². The van der Waals surface area contributed by atoms with Crippen molar-refractivity contribution < 1.29 is 5.11 Å². The van der Waals surface area contributed by atoms with E-state index in [1.54, 1.807) is 0 Å². The Morgan fingerprint density at radius 1 is 0.857 bits per heavy atom. The lowest BCUT2D eigenvalue weighted by Crippen LogP contribution is -2.55. The Morgan fingerprint density at radius 2 is 1.64 bits per heavy atom. The third-order valence-corrected chi connectivity index (χ3v) is 9.92. The summed E-state index contributed by atoms with van der Waals surface area (Å²) in [4.78, 5) is 0. The molecule has 7 atom stereocenters. The Hall–Kier alpha value is -1.26. The van der Waals surface area contributed by atoms with Gasteiger partial charge >= 0.3 is 0 Å². The van der Waals surface area contributed by atoms with Crippen molar-refractivity contribution in [3.63, 3.8) is 0 Å².